The fourth-order valence-electron chi connectivity index (χ4n) is 0.683. The summed E-state index contributed by atoms with van der Waals surface area (Å²) < 4.78 is 5.19. The number of nitrogens with one attached hydrogen (secondary N) is 1. The third-order valence-electron chi connectivity index (χ3n) is 1.21. The Bertz CT molecular complexity index is 60.6. The Morgan fingerprint density at radius 2 is 2.30 bits per heavy atom. The molecule has 3 heteroatoms. The highest BCUT2D eigenvalue weighted by atomic mass is 16.5. The summed E-state index contributed by atoms with van der Waals surface area (Å²) in [7, 11) is 0. The smallest absolute Gasteiger partial charge is 0.0616 e. The van der Waals surface area contributed by atoms with Gasteiger partial charge in [-0.1, -0.05) is 0 Å². The summed E-state index contributed by atoms with van der Waals surface area (Å²) in [4.78, 5) is 0. The van der Waals surface area contributed by atoms with Crippen LogP contribution < -0.4 is 11.1 Å². The van der Waals surface area contributed by atoms with Crippen LogP contribution in [0, 0.1) is 0 Å². The SMILES string of the molecule is CCOCC(C)NCCN. The number of rotatable bonds is 6. The molecule has 0 aliphatic rings. The first-order valence-electron chi connectivity index (χ1n) is 3.82. The van der Waals surface area contributed by atoms with Gasteiger partial charge in [0.2, 0.25) is 0 Å². The van der Waals surface area contributed by atoms with Crippen LogP contribution in [0.5, 0.6) is 0 Å². The second kappa shape index (κ2) is 6.99. The predicted molar refractivity (Wildman–Crippen MR) is 43.0 cm³/mol. The molecular weight excluding hydrogens is 128 g/mol. The first kappa shape index (κ1) is 9.88. The van der Waals surface area contributed by atoms with E-state index in [4.69, 9.17) is 10.5 Å². The highest BCUT2D eigenvalue weighted by Gasteiger charge is 1.97. The standard InChI is InChI=1S/C7H18N2O/c1-3-10-6-7(2)9-5-4-8/h7,9H,3-6,8H2,1-2H3. The van der Waals surface area contributed by atoms with Crippen molar-refractivity contribution in [2.45, 2.75) is 19.9 Å². The van der Waals surface area contributed by atoms with E-state index in [-0.39, 0.29) is 0 Å². The van der Waals surface area contributed by atoms with Gasteiger partial charge in [-0.05, 0) is 13.8 Å². The van der Waals surface area contributed by atoms with Crippen LogP contribution in [0.1, 0.15) is 13.8 Å². The van der Waals surface area contributed by atoms with Gasteiger partial charge in [-0.2, -0.15) is 0 Å². The van der Waals surface area contributed by atoms with Crippen molar-refractivity contribution in [3.05, 3.63) is 0 Å². The number of ether oxygens (including phenoxy) is 1. The summed E-state index contributed by atoms with van der Waals surface area (Å²) in [6.07, 6.45) is 0. The fourth-order valence-corrected chi connectivity index (χ4v) is 0.683. The van der Waals surface area contributed by atoms with Crippen LogP contribution in [-0.2, 0) is 4.74 Å². The fraction of sp³-hybridized carbons (Fsp3) is 1.00. The van der Waals surface area contributed by atoms with Crippen molar-refractivity contribution < 1.29 is 4.74 Å². The summed E-state index contributed by atoms with van der Waals surface area (Å²) in [5.74, 6) is 0. The maximum absolute atomic E-state index is 5.30. The lowest BCUT2D eigenvalue weighted by Gasteiger charge is -2.11. The third kappa shape index (κ3) is 6.01. The molecule has 0 aromatic rings. The number of hydrogen-bond donors (Lipinski definition) is 2. The van der Waals surface area contributed by atoms with Gasteiger partial charge in [-0.15, -0.1) is 0 Å². The molecule has 0 aromatic carbocycles. The minimum atomic E-state index is 0.420. The van der Waals surface area contributed by atoms with Crippen LogP contribution in [0.15, 0.2) is 0 Å². The van der Waals surface area contributed by atoms with Gasteiger partial charge in [0, 0.05) is 25.7 Å². The van der Waals surface area contributed by atoms with Crippen LogP contribution >= 0.6 is 0 Å². The predicted octanol–water partition coefficient (Wildman–Crippen LogP) is -0.0403. The van der Waals surface area contributed by atoms with E-state index in [1.165, 1.54) is 0 Å². The van der Waals surface area contributed by atoms with Gasteiger partial charge in [0.25, 0.3) is 0 Å². The molecule has 0 saturated carbocycles. The average molecular weight is 146 g/mol. The molecule has 0 spiro atoms. The molecule has 0 radical (unpaired) electrons. The van der Waals surface area contributed by atoms with E-state index in [9.17, 15) is 0 Å². The molecule has 1 unspecified atom stereocenters. The Morgan fingerprint density at radius 1 is 1.60 bits per heavy atom. The van der Waals surface area contributed by atoms with Gasteiger partial charge >= 0.3 is 0 Å². The van der Waals surface area contributed by atoms with Crippen molar-refractivity contribution in [2.75, 3.05) is 26.3 Å². The molecule has 3 nitrogen and oxygen atoms in total. The second-order valence-electron chi connectivity index (χ2n) is 2.30. The Balaban J connectivity index is 3.00. The molecule has 0 bridgehead atoms. The highest BCUT2D eigenvalue weighted by molar-refractivity contribution is 4.58. The molecule has 1 atom stereocenters. The monoisotopic (exact) mass is 146 g/mol. The largest absolute Gasteiger partial charge is 0.380 e. The normalized spacial score (nSPS) is 13.5. The van der Waals surface area contributed by atoms with Crippen molar-refractivity contribution in [1.82, 2.24) is 5.32 Å². The minimum Gasteiger partial charge on any atom is -0.380 e. The van der Waals surface area contributed by atoms with Gasteiger partial charge in [0.05, 0.1) is 6.61 Å². The molecule has 62 valence electrons. The lowest BCUT2D eigenvalue weighted by molar-refractivity contribution is 0.128. The Morgan fingerprint density at radius 3 is 2.80 bits per heavy atom. The Hall–Kier alpha value is -0.120. The van der Waals surface area contributed by atoms with Crippen molar-refractivity contribution in [3.63, 3.8) is 0 Å². The van der Waals surface area contributed by atoms with Crippen LogP contribution in [0.2, 0.25) is 0 Å². The molecule has 0 aliphatic heterocycles. The molecule has 3 N–H and O–H groups in total. The highest BCUT2D eigenvalue weighted by Crippen LogP contribution is 1.81. The number of nitrogens with two attached hydrogens (primary N) is 1. The van der Waals surface area contributed by atoms with Crippen LogP contribution in [0.25, 0.3) is 0 Å². The van der Waals surface area contributed by atoms with E-state index >= 15 is 0 Å². The molecule has 0 heterocycles. The van der Waals surface area contributed by atoms with Crippen molar-refractivity contribution in [1.29, 1.82) is 0 Å². The topological polar surface area (TPSA) is 47.3 Å². The maximum atomic E-state index is 5.30. The van der Waals surface area contributed by atoms with E-state index in [1.807, 2.05) is 6.92 Å². The molecule has 0 aromatic heterocycles. The van der Waals surface area contributed by atoms with Crippen molar-refractivity contribution >= 4 is 0 Å². The van der Waals surface area contributed by atoms with Crippen LogP contribution in [0.4, 0.5) is 0 Å². The summed E-state index contributed by atoms with van der Waals surface area (Å²) in [6.45, 7) is 7.21. The van der Waals surface area contributed by atoms with Crippen molar-refractivity contribution in [2.24, 2.45) is 5.73 Å². The summed E-state index contributed by atoms with van der Waals surface area (Å²) in [6, 6.07) is 0.420. The number of hydrogen-bond acceptors (Lipinski definition) is 3. The molecule has 0 amide bonds. The zero-order chi connectivity index (χ0) is 7.82. The Kier molecular flexibility index (Phi) is 6.91. The molecule has 0 aliphatic carbocycles. The van der Waals surface area contributed by atoms with Gasteiger partial charge in [0.15, 0.2) is 0 Å². The maximum Gasteiger partial charge on any atom is 0.0616 e. The van der Waals surface area contributed by atoms with Gasteiger partial charge in [0.1, 0.15) is 0 Å². The zero-order valence-corrected chi connectivity index (χ0v) is 6.89. The van der Waals surface area contributed by atoms with Gasteiger partial charge < -0.3 is 15.8 Å². The summed E-state index contributed by atoms with van der Waals surface area (Å²) in [5, 5.41) is 3.22. The molecule has 0 saturated heterocycles. The van der Waals surface area contributed by atoms with Crippen LogP contribution in [-0.4, -0.2) is 32.3 Å². The zero-order valence-electron chi connectivity index (χ0n) is 6.89. The Labute approximate surface area is 62.9 Å². The lowest BCUT2D eigenvalue weighted by atomic mass is 10.3. The second-order valence-corrected chi connectivity index (χ2v) is 2.30. The first-order valence-corrected chi connectivity index (χ1v) is 3.82. The van der Waals surface area contributed by atoms with Gasteiger partial charge in [-0.3, -0.25) is 0 Å². The quantitative estimate of drug-likeness (QED) is 0.553. The molecule has 10 heavy (non-hydrogen) atoms. The van der Waals surface area contributed by atoms with E-state index in [2.05, 4.69) is 12.2 Å². The van der Waals surface area contributed by atoms with E-state index in [1.54, 1.807) is 0 Å². The third-order valence-corrected chi connectivity index (χ3v) is 1.21. The van der Waals surface area contributed by atoms with E-state index < -0.39 is 0 Å². The van der Waals surface area contributed by atoms with E-state index in [0.29, 0.717) is 12.6 Å². The molecular formula is C7H18N2O. The van der Waals surface area contributed by atoms with E-state index in [0.717, 1.165) is 19.8 Å². The minimum absolute atomic E-state index is 0.420. The van der Waals surface area contributed by atoms with Gasteiger partial charge in [-0.25, -0.2) is 0 Å². The molecule has 0 rings (SSSR count). The average Bonchev–Trinajstić information content (AvgIpc) is 1.97. The summed E-state index contributed by atoms with van der Waals surface area (Å²) in [5.41, 5.74) is 5.30. The summed E-state index contributed by atoms with van der Waals surface area (Å²) >= 11 is 0. The molecule has 0 fully saturated rings. The van der Waals surface area contributed by atoms with Crippen molar-refractivity contribution in [3.8, 4) is 0 Å². The first-order chi connectivity index (χ1) is 4.81. The lowest BCUT2D eigenvalue weighted by Crippen LogP contribution is -2.34. The van der Waals surface area contributed by atoms with Crippen LogP contribution in [0.3, 0.4) is 0 Å².